The molecule has 1 saturated heterocycles. The van der Waals surface area contributed by atoms with Crippen molar-refractivity contribution in [1.29, 1.82) is 0 Å². The number of benzene rings is 2. The third-order valence-electron chi connectivity index (χ3n) is 5.90. The Kier molecular flexibility index (Phi) is 6.92. The summed E-state index contributed by atoms with van der Waals surface area (Å²) in [5, 5.41) is 15.9. The van der Waals surface area contributed by atoms with Gasteiger partial charge in [0.15, 0.2) is 5.82 Å². The average Bonchev–Trinajstić information content (AvgIpc) is 2.82. The van der Waals surface area contributed by atoms with Gasteiger partial charge in [-0.2, -0.15) is 13.2 Å². The summed E-state index contributed by atoms with van der Waals surface area (Å²) in [6.07, 6.45) is -4.74. The SMILES string of the molecule is C[C@@H](Nc1nnnc2ccc(N3CCN(C(=O)OC(C)(C)C)CC3)cc12)c1cccc(C(F)(F)F)c1. The van der Waals surface area contributed by atoms with Crippen LogP contribution in [0.1, 0.15) is 44.9 Å². The molecule has 4 rings (SSSR count). The summed E-state index contributed by atoms with van der Waals surface area (Å²) in [6, 6.07) is 10.5. The molecule has 1 atom stereocenters. The summed E-state index contributed by atoms with van der Waals surface area (Å²) in [4.78, 5) is 16.2. The average molecular weight is 503 g/mol. The Bertz CT molecular complexity index is 1240. The van der Waals surface area contributed by atoms with E-state index in [1.54, 1.807) is 17.9 Å². The molecule has 3 aromatic rings. The van der Waals surface area contributed by atoms with Crippen LogP contribution < -0.4 is 10.2 Å². The van der Waals surface area contributed by atoms with Crippen LogP contribution in [0.3, 0.4) is 0 Å². The largest absolute Gasteiger partial charge is 0.444 e. The van der Waals surface area contributed by atoms with Gasteiger partial charge in [0.1, 0.15) is 5.60 Å². The van der Waals surface area contributed by atoms with Crippen LogP contribution in [0.15, 0.2) is 42.5 Å². The van der Waals surface area contributed by atoms with Gasteiger partial charge in [-0.05, 0) is 68.8 Å². The molecule has 0 spiro atoms. The maximum absolute atomic E-state index is 13.1. The molecule has 1 aliphatic heterocycles. The number of halogens is 3. The number of hydrogen-bond acceptors (Lipinski definition) is 7. The number of amides is 1. The molecule has 0 radical (unpaired) electrons. The van der Waals surface area contributed by atoms with Crippen molar-refractivity contribution in [3.05, 3.63) is 53.6 Å². The number of hydrogen-bond donors (Lipinski definition) is 1. The summed E-state index contributed by atoms with van der Waals surface area (Å²) in [7, 11) is 0. The highest BCUT2D eigenvalue weighted by molar-refractivity contribution is 5.91. The van der Waals surface area contributed by atoms with Crippen molar-refractivity contribution < 1.29 is 22.7 Å². The number of ether oxygens (including phenoxy) is 1. The van der Waals surface area contributed by atoms with E-state index in [2.05, 4.69) is 25.6 Å². The number of nitrogens with one attached hydrogen (secondary N) is 1. The van der Waals surface area contributed by atoms with Crippen molar-refractivity contribution in [3.63, 3.8) is 0 Å². The molecule has 1 aliphatic rings. The van der Waals surface area contributed by atoms with Crippen molar-refractivity contribution in [2.75, 3.05) is 36.4 Å². The van der Waals surface area contributed by atoms with E-state index >= 15 is 0 Å². The highest BCUT2D eigenvalue weighted by Crippen LogP contribution is 2.32. The highest BCUT2D eigenvalue weighted by Gasteiger charge is 2.31. The van der Waals surface area contributed by atoms with Crippen molar-refractivity contribution >= 4 is 28.5 Å². The van der Waals surface area contributed by atoms with Gasteiger partial charge in [0.25, 0.3) is 0 Å². The number of fused-ring (bicyclic) bond motifs is 1. The molecule has 0 saturated carbocycles. The molecule has 1 aromatic heterocycles. The Morgan fingerprint density at radius 3 is 2.42 bits per heavy atom. The van der Waals surface area contributed by atoms with E-state index < -0.39 is 23.4 Å². The Morgan fingerprint density at radius 1 is 1.03 bits per heavy atom. The van der Waals surface area contributed by atoms with E-state index in [-0.39, 0.29) is 6.09 Å². The number of piperazine rings is 1. The fourth-order valence-corrected chi connectivity index (χ4v) is 4.02. The van der Waals surface area contributed by atoms with E-state index in [1.807, 2.05) is 39.0 Å². The first-order valence-electron chi connectivity index (χ1n) is 11.7. The van der Waals surface area contributed by atoms with Gasteiger partial charge < -0.3 is 19.9 Å². The van der Waals surface area contributed by atoms with Gasteiger partial charge in [0, 0.05) is 37.3 Å². The molecule has 0 aliphatic carbocycles. The van der Waals surface area contributed by atoms with Gasteiger partial charge >= 0.3 is 12.3 Å². The van der Waals surface area contributed by atoms with Gasteiger partial charge in [-0.15, -0.1) is 10.2 Å². The van der Waals surface area contributed by atoms with Crippen LogP contribution in [0.4, 0.5) is 29.5 Å². The molecular weight excluding hydrogens is 473 g/mol. The fourth-order valence-electron chi connectivity index (χ4n) is 4.02. The van der Waals surface area contributed by atoms with Gasteiger partial charge in [0.2, 0.25) is 0 Å². The predicted molar refractivity (Wildman–Crippen MR) is 131 cm³/mol. The molecule has 2 heterocycles. The predicted octanol–water partition coefficient (Wildman–Crippen LogP) is 5.27. The first-order chi connectivity index (χ1) is 16.9. The van der Waals surface area contributed by atoms with Crippen LogP contribution in [0.2, 0.25) is 0 Å². The number of aromatic nitrogens is 3. The second kappa shape index (κ2) is 9.79. The minimum atomic E-state index is -4.42. The first kappa shape index (κ1) is 25.5. The summed E-state index contributed by atoms with van der Waals surface area (Å²) in [5.41, 5.74) is 0.767. The lowest BCUT2D eigenvalue weighted by Gasteiger charge is -2.36. The second-order valence-electron chi connectivity index (χ2n) is 9.78. The van der Waals surface area contributed by atoms with E-state index in [0.717, 1.165) is 17.8 Å². The Balaban J connectivity index is 1.51. The van der Waals surface area contributed by atoms with E-state index in [9.17, 15) is 18.0 Å². The lowest BCUT2D eigenvalue weighted by atomic mass is 10.0. The standard InChI is InChI=1S/C25H29F3N6O2/c1-16(17-6-5-7-18(14-17)25(26,27)28)29-22-20-15-19(8-9-21(20)30-32-31-22)33-10-12-34(13-11-33)23(35)36-24(2,3)4/h5-9,14-16H,10-13H2,1-4H3,(H,29,30,31)/t16-/m1/s1. The summed E-state index contributed by atoms with van der Waals surface area (Å²) >= 11 is 0. The summed E-state index contributed by atoms with van der Waals surface area (Å²) in [5.74, 6) is 0.430. The van der Waals surface area contributed by atoms with Gasteiger partial charge in [-0.1, -0.05) is 12.1 Å². The number of alkyl halides is 3. The molecule has 192 valence electrons. The van der Waals surface area contributed by atoms with E-state index in [4.69, 9.17) is 4.74 Å². The van der Waals surface area contributed by atoms with Crippen LogP contribution >= 0.6 is 0 Å². The summed E-state index contributed by atoms with van der Waals surface area (Å²) in [6.45, 7) is 9.59. The van der Waals surface area contributed by atoms with Crippen molar-refractivity contribution in [1.82, 2.24) is 20.3 Å². The number of rotatable bonds is 4. The smallest absolute Gasteiger partial charge is 0.416 e. The lowest BCUT2D eigenvalue weighted by molar-refractivity contribution is -0.137. The zero-order valence-electron chi connectivity index (χ0n) is 20.6. The number of carbonyl (C=O) groups is 1. The molecular formula is C25H29F3N6O2. The Hall–Kier alpha value is -3.63. The van der Waals surface area contributed by atoms with Crippen LogP contribution in [-0.4, -0.2) is 58.2 Å². The molecule has 8 nitrogen and oxygen atoms in total. The third-order valence-corrected chi connectivity index (χ3v) is 5.90. The molecule has 2 aromatic carbocycles. The third kappa shape index (κ3) is 5.95. The van der Waals surface area contributed by atoms with Crippen LogP contribution in [0.25, 0.3) is 10.9 Å². The maximum Gasteiger partial charge on any atom is 0.416 e. The Morgan fingerprint density at radius 2 is 1.75 bits per heavy atom. The van der Waals surface area contributed by atoms with Crippen LogP contribution in [-0.2, 0) is 10.9 Å². The molecule has 1 N–H and O–H groups in total. The molecule has 1 amide bonds. The van der Waals surface area contributed by atoms with Crippen molar-refractivity contribution in [2.24, 2.45) is 0 Å². The molecule has 1 fully saturated rings. The van der Waals surface area contributed by atoms with Crippen molar-refractivity contribution in [2.45, 2.75) is 45.5 Å². The second-order valence-corrected chi connectivity index (χ2v) is 9.78. The summed E-state index contributed by atoms with van der Waals surface area (Å²) < 4.78 is 44.9. The molecule has 0 bridgehead atoms. The monoisotopic (exact) mass is 502 g/mol. The number of nitrogens with zero attached hydrogens (tertiary/aromatic N) is 5. The maximum atomic E-state index is 13.1. The van der Waals surface area contributed by atoms with E-state index in [0.29, 0.717) is 48.5 Å². The van der Waals surface area contributed by atoms with Gasteiger partial charge in [0.05, 0.1) is 17.1 Å². The van der Waals surface area contributed by atoms with Crippen LogP contribution in [0, 0.1) is 0 Å². The minimum absolute atomic E-state index is 0.324. The topological polar surface area (TPSA) is 83.5 Å². The molecule has 11 heteroatoms. The normalized spacial score (nSPS) is 15.6. The zero-order valence-corrected chi connectivity index (χ0v) is 20.6. The quantitative estimate of drug-likeness (QED) is 0.520. The molecule has 0 unspecified atom stereocenters. The highest BCUT2D eigenvalue weighted by atomic mass is 19.4. The molecule has 36 heavy (non-hydrogen) atoms. The van der Waals surface area contributed by atoms with Gasteiger partial charge in [-0.3, -0.25) is 0 Å². The van der Waals surface area contributed by atoms with Crippen LogP contribution in [0.5, 0.6) is 0 Å². The fraction of sp³-hybridized carbons (Fsp3) is 0.440. The number of carbonyl (C=O) groups excluding carboxylic acids is 1. The first-order valence-corrected chi connectivity index (χ1v) is 11.7. The lowest BCUT2D eigenvalue weighted by Crippen LogP contribution is -2.50. The van der Waals surface area contributed by atoms with Crippen molar-refractivity contribution in [3.8, 4) is 0 Å². The number of anilines is 2. The Labute approximate surface area is 207 Å². The van der Waals surface area contributed by atoms with Gasteiger partial charge in [-0.25, -0.2) is 4.79 Å². The zero-order chi connectivity index (χ0) is 26.1. The minimum Gasteiger partial charge on any atom is -0.444 e. The van der Waals surface area contributed by atoms with E-state index in [1.165, 1.54) is 6.07 Å².